The zero-order valence-corrected chi connectivity index (χ0v) is 29.7. The zero-order valence-electron chi connectivity index (χ0n) is 25.7. The Kier molecular flexibility index (Phi) is 20.1. The van der Waals surface area contributed by atoms with Gasteiger partial charge in [-0.25, -0.2) is 4.79 Å². The van der Waals surface area contributed by atoms with Crippen LogP contribution in [-0.4, -0.2) is 39.2 Å². The predicted molar refractivity (Wildman–Crippen MR) is 183 cm³/mol. The van der Waals surface area contributed by atoms with E-state index in [1.165, 1.54) is 7.11 Å². The number of halogens is 3. The number of nitrogens with one attached hydrogen (secondary N) is 1. The van der Waals surface area contributed by atoms with Crippen LogP contribution in [0.4, 0.5) is 0 Å². The molecule has 1 N–H and O–H groups in total. The van der Waals surface area contributed by atoms with Crippen LogP contribution in [-0.2, 0) is 21.7 Å². The number of methoxy groups -OCH3 is 3. The Balaban J connectivity index is 0.00000263. The summed E-state index contributed by atoms with van der Waals surface area (Å²) < 4.78 is 16.7. The molecule has 0 radical (unpaired) electrons. The maximum absolute atomic E-state index is 12.9. The van der Waals surface area contributed by atoms with Crippen LogP contribution in [0.25, 0.3) is 11.1 Å². The Hall–Kier alpha value is -2.39. The van der Waals surface area contributed by atoms with E-state index in [4.69, 9.17) is 37.4 Å². The Morgan fingerprint density at radius 1 is 0.833 bits per heavy atom. The maximum atomic E-state index is 12.9. The number of benzene rings is 3. The molecule has 3 aromatic carbocycles. The van der Waals surface area contributed by atoms with Gasteiger partial charge in [0.05, 0.1) is 42.5 Å². The molecule has 6 nitrogen and oxygen atoms in total. The lowest BCUT2D eigenvalue weighted by atomic mass is 9.98. The Morgan fingerprint density at radius 3 is 1.71 bits per heavy atom. The molecule has 10 heteroatoms. The fraction of sp³-hybridized carbons (Fsp3) is 0.375. The van der Waals surface area contributed by atoms with Gasteiger partial charge in [0.25, 0.3) is 5.91 Å². The minimum Gasteiger partial charge on any atom is -0.496 e. The SMILES string of the molecule is CC.CC.CC.COC(=O)C(Cc1ccc(-c2c(OC)cc(CS)cc2OC)cc1)NC(=O)c1c(Cl)cc(Br)cc1Cl. The number of ether oxygens (including phenoxy) is 3. The van der Waals surface area contributed by atoms with Crippen LogP contribution >= 0.6 is 51.8 Å². The van der Waals surface area contributed by atoms with E-state index >= 15 is 0 Å². The van der Waals surface area contributed by atoms with Gasteiger partial charge in [-0.3, -0.25) is 4.79 Å². The molecule has 0 spiro atoms. The predicted octanol–water partition coefficient (Wildman–Crippen LogP) is 9.46. The van der Waals surface area contributed by atoms with Crippen molar-refractivity contribution in [3.63, 3.8) is 0 Å². The second kappa shape index (κ2) is 21.3. The monoisotopic (exact) mass is 701 g/mol. The van der Waals surface area contributed by atoms with Gasteiger partial charge in [-0.2, -0.15) is 12.6 Å². The summed E-state index contributed by atoms with van der Waals surface area (Å²) in [6.45, 7) is 12.0. The van der Waals surface area contributed by atoms with E-state index in [9.17, 15) is 9.59 Å². The zero-order chi connectivity index (χ0) is 32.4. The molecule has 3 rings (SSSR count). The molecule has 0 aliphatic rings. The van der Waals surface area contributed by atoms with E-state index in [0.717, 1.165) is 22.3 Å². The van der Waals surface area contributed by atoms with Gasteiger partial charge in [0, 0.05) is 16.6 Å². The summed E-state index contributed by atoms with van der Waals surface area (Å²) in [4.78, 5) is 25.4. The molecule has 42 heavy (non-hydrogen) atoms. The van der Waals surface area contributed by atoms with Crippen LogP contribution in [0.1, 0.15) is 63.0 Å². The first kappa shape index (κ1) is 39.6. The number of amides is 1. The van der Waals surface area contributed by atoms with Crippen molar-refractivity contribution in [2.24, 2.45) is 0 Å². The Bertz CT molecular complexity index is 1220. The van der Waals surface area contributed by atoms with Gasteiger partial charge in [-0.15, -0.1) is 0 Å². The lowest BCUT2D eigenvalue weighted by Crippen LogP contribution is -2.43. The lowest BCUT2D eigenvalue weighted by molar-refractivity contribution is -0.142. The number of carbonyl (C=O) groups is 2. The van der Waals surface area contributed by atoms with Gasteiger partial charge >= 0.3 is 5.97 Å². The van der Waals surface area contributed by atoms with E-state index in [0.29, 0.717) is 21.7 Å². The fourth-order valence-corrected chi connectivity index (χ4v) is 5.27. The van der Waals surface area contributed by atoms with Crippen molar-refractivity contribution < 1.29 is 23.8 Å². The molecule has 3 aromatic rings. The van der Waals surface area contributed by atoms with E-state index in [-0.39, 0.29) is 22.0 Å². The fourth-order valence-electron chi connectivity index (χ4n) is 3.71. The first-order chi connectivity index (χ1) is 20.2. The normalized spacial score (nSPS) is 10.3. The number of esters is 1. The Labute approximate surface area is 275 Å². The van der Waals surface area contributed by atoms with Crippen molar-refractivity contribution in [2.45, 2.75) is 59.8 Å². The third-order valence-electron chi connectivity index (χ3n) is 5.46. The number of thiol groups is 1. The van der Waals surface area contributed by atoms with Crippen molar-refractivity contribution in [1.29, 1.82) is 0 Å². The standard InChI is InChI=1S/C26H24BrCl2NO5S.3C2H6/c1-33-21-9-15(13-36)10-22(34-2)23(21)16-6-4-14(5-7-16)8-20(26(32)35-3)30-25(31)24-18(28)11-17(27)12-19(24)29;3*1-2/h4-7,9-12,20,36H,8,13H2,1-3H3,(H,30,31);3*1-2H3. The van der Waals surface area contributed by atoms with Crippen molar-refractivity contribution in [3.05, 3.63) is 79.7 Å². The lowest BCUT2D eigenvalue weighted by Gasteiger charge is -2.18. The number of carbonyl (C=O) groups excluding carboxylic acids is 2. The van der Waals surface area contributed by atoms with Crippen LogP contribution < -0.4 is 14.8 Å². The molecule has 0 aliphatic heterocycles. The minimum atomic E-state index is -0.956. The van der Waals surface area contributed by atoms with Crippen molar-refractivity contribution in [2.75, 3.05) is 21.3 Å². The van der Waals surface area contributed by atoms with Crippen LogP contribution in [0, 0.1) is 0 Å². The number of hydrogen-bond donors (Lipinski definition) is 2. The van der Waals surface area contributed by atoms with Crippen LogP contribution in [0.2, 0.25) is 10.0 Å². The first-order valence-corrected chi connectivity index (χ1v) is 15.9. The molecule has 0 aliphatic carbocycles. The summed E-state index contributed by atoms with van der Waals surface area (Å²) in [5.41, 5.74) is 3.51. The highest BCUT2D eigenvalue weighted by Crippen LogP contribution is 2.40. The van der Waals surface area contributed by atoms with Crippen LogP contribution in [0.5, 0.6) is 11.5 Å². The molecule has 1 unspecified atom stereocenters. The molecule has 1 atom stereocenters. The maximum Gasteiger partial charge on any atom is 0.328 e. The van der Waals surface area contributed by atoms with Gasteiger partial charge in [-0.05, 0) is 41.0 Å². The summed E-state index contributed by atoms with van der Waals surface area (Å²) in [5.74, 6) is 0.692. The third-order valence-corrected chi connectivity index (χ3v) is 6.87. The summed E-state index contributed by atoms with van der Waals surface area (Å²) in [6.07, 6.45) is 0.192. The molecule has 0 aromatic heterocycles. The quantitative estimate of drug-likeness (QED) is 0.172. The molecule has 0 bridgehead atoms. The third kappa shape index (κ3) is 11.0. The van der Waals surface area contributed by atoms with Crippen LogP contribution in [0.3, 0.4) is 0 Å². The highest BCUT2D eigenvalue weighted by Gasteiger charge is 2.25. The van der Waals surface area contributed by atoms with E-state index in [1.807, 2.05) is 77.9 Å². The number of hydrogen-bond acceptors (Lipinski definition) is 6. The largest absolute Gasteiger partial charge is 0.496 e. The first-order valence-electron chi connectivity index (χ1n) is 13.7. The van der Waals surface area contributed by atoms with Gasteiger partial charge in [-0.1, -0.05) is 105 Å². The molecule has 0 heterocycles. The molecular weight excluding hydrogens is 661 g/mol. The number of rotatable bonds is 9. The van der Waals surface area contributed by atoms with Gasteiger partial charge in [0.2, 0.25) is 0 Å². The highest BCUT2D eigenvalue weighted by molar-refractivity contribution is 9.10. The van der Waals surface area contributed by atoms with Gasteiger partial charge in [0.15, 0.2) is 0 Å². The minimum absolute atomic E-state index is 0.0784. The van der Waals surface area contributed by atoms with E-state index in [2.05, 4.69) is 33.9 Å². The smallest absolute Gasteiger partial charge is 0.328 e. The molecule has 232 valence electrons. The summed E-state index contributed by atoms with van der Waals surface area (Å²) in [7, 11) is 4.46. The Morgan fingerprint density at radius 2 is 1.31 bits per heavy atom. The second-order valence-electron chi connectivity index (χ2n) is 7.73. The van der Waals surface area contributed by atoms with Crippen LogP contribution in [0.15, 0.2) is 53.0 Å². The van der Waals surface area contributed by atoms with Crippen molar-refractivity contribution in [1.82, 2.24) is 5.32 Å². The van der Waals surface area contributed by atoms with Crippen molar-refractivity contribution >= 4 is 63.6 Å². The average molecular weight is 704 g/mol. The van der Waals surface area contributed by atoms with E-state index in [1.54, 1.807) is 26.4 Å². The highest BCUT2D eigenvalue weighted by atomic mass is 79.9. The molecule has 0 fully saturated rings. The molecule has 1 amide bonds. The topological polar surface area (TPSA) is 73.9 Å². The molecule has 0 saturated heterocycles. The second-order valence-corrected chi connectivity index (χ2v) is 9.77. The summed E-state index contributed by atoms with van der Waals surface area (Å²) in [5, 5.41) is 3.00. The summed E-state index contributed by atoms with van der Waals surface area (Å²) >= 11 is 20.0. The molecular formula is C32H42BrCl2NO5S. The summed E-state index contributed by atoms with van der Waals surface area (Å²) in [6, 6.07) is 13.5. The average Bonchev–Trinajstić information content (AvgIpc) is 3.02. The van der Waals surface area contributed by atoms with Gasteiger partial charge < -0.3 is 19.5 Å². The van der Waals surface area contributed by atoms with E-state index < -0.39 is 17.9 Å². The van der Waals surface area contributed by atoms with Crippen molar-refractivity contribution in [3.8, 4) is 22.6 Å². The molecule has 0 saturated carbocycles. The van der Waals surface area contributed by atoms with Gasteiger partial charge in [0.1, 0.15) is 17.5 Å².